The van der Waals surface area contributed by atoms with E-state index in [2.05, 4.69) is 40.2 Å². The maximum atomic E-state index is 12.8. The normalized spacial score (nSPS) is 15.0. The predicted molar refractivity (Wildman–Crippen MR) is 128 cm³/mol. The summed E-state index contributed by atoms with van der Waals surface area (Å²) in [7, 11) is 3.53. The van der Waals surface area contributed by atoms with Crippen LogP contribution in [0, 0.1) is 0 Å². The average Bonchev–Trinajstić information content (AvgIpc) is 2.80. The Morgan fingerprint density at radius 2 is 1.66 bits per heavy atom. The number of benzene rings is 2. The molecule has 2 aromatic rings. The third kappa shape index (κ3) is 6.93. The second kappa shape index (κ2) is 11.8. The van der Waals surface area contributed by atoms with Crippen molar-refractivity contribution in [2.24, 2.45) is 0 Å². The van der Waals surface area contributed by atoms with Crippen molar-refractivity contribution in [2.75, 3.05) is 60.0 Å². The van der Waals surface area contributed by atoms with Gasteiger partial charge >= 0.3 is 0 Å². The van der Waals surface area contributed by atoms with Crippen LogP contribution in [0.15, 0.2) is 36.4 Å². The second-order valence-electron chi connectivity index (χ2n) is 8.55. The van der Waals surface area contributed by atoms with Crippen molar-refractivity contribution in [3.8, 4) is 5.75 Å². The van der Waals surface area contributed by atoms with Gasteiger partial charge in [0.25, 0.3) is 0 Å². The average molecular weight is 441 g/mol. The van der Waals surface area contributed by atoms with Crippen LogP contribution in [0.5, 0.6) is 5.75 Å². The quantitative estimate of drug-likeness (QED) is 0.575. The van der Waals surface area contributed by atoms with E-state index in [1.165, 1.54) is 0 Å². The number of hydrogen-bond acceptors (Lipinski definition) is 5. The van der Waals surface area contributed by atoms with Gasteiger partial charge in [0.2, 0.25) is 11.8 Å². The first kappa shape index (κ1) is 24.0. The molecule has 1 aliphatic rings. The third-order valence-electron chi connectivity index (χ3n) is 6.00. The number of nitrogens with zero attached hydrogens (tertiary/aromatic N) is 3. The molecule has 3 rings (SSSR count). The van der Waals surface area contributed by atoms with E-state index in [-0.39, 0.29) is 11.8 Å². The summed E-state index contributed by atoms with van der Waals surface area (Å²) in [5.74, 6) is 1.05. The Kier molecular flexibility index (Phi) is 8.88. The van der Waals surface area contributed by atoms with Crippen LogP contribution in [0.3, 0.4) is 0 Å². The van der Waals surface area contributed by atoms with Crippen molar-refractivity contribution >= 4 is 22.6 Å². The summed E-state index contributed by atoms with van der Waals surface area (Å²) in [5.41, 5.74) is 1.11. The van der Waals surface area contributed by atoms with E-state index in [1.54, 1.807) is 12.0 Å². The van der Waals surface area contributed by atoms with Crippen LogP contribution in [-0.4, -0.2) is 86.5 Å². The zero-order valence-corrected chi connectivity index (χ0v) is 19.6. The van der Waals surface area contributed by atoms with Gasteiger partial charge in [-0.2, -0.15) is 0 Å². The van der Waals surface area contributed by atoms with Gasteiger partial charge in [0.05, 0.1) is 20.2 Å². The zero-order chi connectivity index (χ0) is 22.9. The van der Waals surface area contributed by atoms with Crippen LogP contribution in [0.2, 0.25) is 0 Å². The lowest BCUT2D eigenvalue weighted by Gasteiger charge is -2.34. The van der Waals surface area contributed by atoms with Crippen LogP contribution < -0.4 is 10.1 Å². The Morgan fingerprint density at radius 1 is 1.00 bits per heavy atom. The van der Waals surface area contributed by atoms with E-state index in [1.807, 2.05) is 25.2 Å². The van der Waals surface area contributed by atoms with Crippen LogP contribution in [0.25, 0.3) is 10.8 Å². The molecule has 32 heavy (non-hydrogen) atoms. The van der Waals surface area contributed by atoms with Crippen molar-refractivity contribution in [1.29, 1.82) is 0 Å². The Morgan fingerprint density at radius 3 is 2.34 bits per heavy atom. The highest BCUT2D eigenvalue weighted by Gasteiger charge is 2.21. The molecule has 174 valence electrons. The molecule has 0 aromatic heterocycles. The molecule has 7 heteroatoms. The van der Waals surface area contributed by atoms with Crippen LogP contribution in [0.1, 0.15) is 25.3 Å². The van der Waals surface area contributed by atoms with Gasteiger partial charge in [0.1, 0.15) is 5.75 Å². The highest BCUT2D eigenvalue weighted by atomic mass is 16.5. The molecule has 0 saturated carbocycles. The minimum atomic E-state index is 0.0940. The highest BCUT2D eigenvalue weighted by molar-refractivity contribution is 5.85. The number of rotatable bonds is 10. The van der Waals surface area contributed by atoms with E-state index in [0.29, 0.717) is 19.6 Å². The van der Waals surface area contributed by atoms with Crippen LogP contribution in [0.4, 0.5) is 0 Å². The fourth-order valence-electron chi connectivity index (χ4n) is 3.94. The lowest BCUT2D eigenvalue weighted by molar-refractivity contribution is -0.132. The van der Waals surface area contributed by atoms with Gasteiger partial charge < -0.3 is 15.0 Å². The molecule has 0 aliphatic carbocycles. The monoisotopic (exact) mass is 440 g/mol. The van der Waals surface area contributed by atoms with E-state index >= 15 is 0 Å². The number of hydrogen-bond donors (Lipinski definition) is 1. The summed E-state index contributed by atoms with van der Waals surface area (Å²) in [5, 5.41) is 5.23. The molecule has 0 radical (unpaired) electrons. The number of carbonyl (C=O) groups excluding carboxylic acids is 2. The first-order valence-corrected chi connectivity index (χ1v) is 11.5. The Bertz CT molecular complexity index is 909. The number of methoxy groups -OCH3 is 1. The summed E-state index contributed by atoms with van der Waals surface area (Å²) in [6.07, 6.45) is 2.10. The molecule has 7 nitrogen and oxygen atoms in total. The first-order valence-electron chi connectivity index (χ1n) is 11.5. The number of piperazine rings is 1. The predicted octanol–water partition coefficient (Wildman–Crippen LogP) is 2.34. The largest absolute Gasteiger partial charge is 0.497 e. The number of carbonyl (C=O) groups is 2. The van der Waals surface area contributed by atoms with E-state index in [4.69, 9.17) is 4.74 Å². The maximum Gasteiger partial charge on any atom is 0.236 e. The standard InChI is InChI=1S/C25H36N4O3/c1-4-5-10-26-24(30)18-28-11-13-29(14-12-28)19-25(31)27(2)17-20-6-7-22-16-23(32-3)9-8-21(22)15-20/h6-9,15-16H,4-5,10-14,17-19H2,1-3H3,(H,26,30). The molecule has 1 heterocycles. The lowest BCUT2D eigenvalue weighted by Crippen LogP contribution is -2.51. The number of likely N-dealkylation sites (N-methyl/N-ethyl adjacent to an activating group) is 1. The smallest absolute Gasteiger partial charge is 0.236 e. The van der Waals surface area contributed by atoms with Gasteiger partial charge in [-0.15, -0.1) is 0 Å². The van der Waals surface area contributed by atoms with Crippen molar-refractivity contribution in [3.05, 3.63) is 42.0 Å². The van der Waals surface area contributed by atoms with Gasteiger partial charge in [-0.3, -0.25) is 19.4 Å². The molecule has 1 aliphatic heterocycles. The molecule has 0 unspecified atom stereocenters. The molecular weight excluding hydrogens is 404 g/mol. The first-order chi connectivity index (χ1) is 15.5. The summed E-state index contributed by atoms with van der Waals surface area (Å²) in [4.78, 5) is 30.9. The number of unbranched alkanes of at least 4 members (excludes halogenated alkanes) is 1. The lowest BCUT2D eigenvalue weighted by atomic mass is 10.1. The van der Waals surface area contributed by atoms with Gasteiger partial charge in [-0.05, 0) is 41.0 Å². The van der Waals surface area contributed by atoms with E-state index in [0.717, 1.165) is 67.7 Å². The number of nitrogens with one attached hydrogen (secondary N) is 1. The maximum absolute atomic E-state index is 12.8. The molecule has 1 fully saturated rings. The molecule has 2 amide bonds. The Hall–Kier alpha value is -2.64. The van der Waals surface area contributed by atoms with E-state index in [9.17, 15) is 9.59 Å². The van der Waals surface area contributed by atoms with E-state index < -0.39 is 0 Å². The fraction of sp³-hybridized carbons (Fsp3) is 0.520. The van der Waals surface area contributed by atoms with Gasteiger partial charge in [-0.1, -0.05) is 31.5 Å². The SMILES string of the molecule is CCCCNC(=O)CN1CCN(CC(=O)N(C)Cc2ccc3cc(OC)ccc3c2)CC1. The van der Waals surface area contributed by atoms with Crippen molar-refractivity contribution < 1.29 is 14.3 Å². The van der Waals surface area contributed by atoms with Gasteiger partial charge in [0.15, 0.2) is 0 Å². The second-order valence-corrected chi connectivity index (χ2v) is 8.55. The van der Waals surface area contributed by atoms with Crippen LogP contribution in [-0.2, 0) is 16.1 Å². The molecule has 0 bridgehead atoms. The topological polar surface area (TPSA) is 65.1 Å². The summed E-state index contributed by atoms with van der Waals surface area (Å²) < 4.78 is 5.29. The fourth-order valence-corrected chi connectivity index (χ4v) is 3.94. The molecule has 0 spiro atoms. The summed E-state index contributed by atoms with van der Waals surface area (Å²) >= 11 is 0. The van der Waals surface area contributed by atoms with Crippen molar-refractivity contribution in [1.82, 2.24) is 20.0 Å². The molecule has 1 N–H and O–H groups in total. The Labute approximate surface area is 191 Å². The molecule has 2 aromatic carbocycles. The minimum Gasteiger partial charge on any atom is -0.497 e. The van der Waals surface area contributed by atoms with Gasteiger partial charge in [0, 0.05) is 46.3 Å². The number of ether oxygens (including phenoxy) is 1. The highest BCUT2D eigenvalue weighted by Crippen LogP contribution is 2.22. The minimum absolute atomic E-state index is 0.0940. The van der Waals surface area contributed by atoms with Crippen molar-refractivity contribution in [3.63, 3.8) is 0 Å². The van der Waals surface area contributed by atoms with Crippen LogP contribution >= 0.6 is 0 Å². The number of fused-ring (bicyclic) bond motifs is 1. The third-order valence-corrected chi connectivity index (χ3v) is 6.00. The summed E-state index contributed by atoms with van der Waals surface area (Å²) in [6.45, 7) is 7.54. The van der Waals surface area contributed by atoms with Gasteiger partial charge in [-0.25, -0.2) is 0 Å². The van der Waals surface area contributed by atoms with Crippen molar-refractivity contribution in [2.45, 2.75) is 26.3 Å². The Balaban J connectivity index is 1.43. The molecule has 1 saturated heterocycles. The number of amides is 2. The zero-order valence-electron chi connectivity index (χ0n) is 19.6. The molecular formula is C25H36N4O3. The molecule has 0 atom stereocenters. The summed E-state index contributed by atoms with van der Waals surface area (Å²) in [6, 6.07) is 12.3.